The molecule has 0 atom stereocenters. The molecule has 0 saturated heterocycles. The zero-order valence-corrected chi connectivity index (χ0v) is 6.85. The highest BCUT2D eigenvalue weighted by atomic mass is 32.1. The van der Waals surface area contributed by atoms with Crippen LogP contribution in [0.5, 0.6) is 0 Å². The van der Waals surface area contributed by atoms with Crippen molar-refractivity contribution in [2.45, 2.75) is 0 Å². The molecule has 0 unspecified atom stereocenters. The molecule has 0 bridgehead atoms. The van der Waals surface area contributed by atoms with Gasteiger partial charge in [-0.15, -0.1) is 0 Å². The lowest BCUT2D eigenvalue weighted by atomic mass is 10.7. The summed E-state index contributed by atoms with van der Waals surface area (Å²) in [4.78, 5) is 7.83. The number of nitrogens with zero attached hydrogens (tertiary/aromatic N) is 2. The van der Waals surface area contributed by atoms with E-state index in [1.165, 1.54) is 0 Å². The summed E-state index contributed by atoms with van der Waals surface area (Å²) in [6, 6.07) is 1.74. The molecule has 11 heavy (non-hydrogen) atoms. The van der Waals surface area contributed by atoms with Crippen LogP contribution in [0, 0.1) is 0 Å². The van der Waals surface area contributed by atoms with Crippen LogP contribution in [0.1, 0.15) is 0 Å². The fourth-order valence-corrected chi connectivity index (χ4v) is 0.619. The molecule has 1 aromatic rings. The third kappa shape index (κ3) is 2.46. The maximum Gasteiger partial charge on any atom is 0.228 e. The van der Waals surface area contributed by atoms with Crippen molar-refractivity contribution < 1.29 is 0 Å². The fourth-order valence-electron chi connectivity index (χ4n) is 0.528. The average molecular weight is 168 g/mol. The molecule has 0 spiro atoms. The summed E-state index contributed by atoms with van der Waals surface area (Å²) < 4.78 is 0. The Hall–Kier alpha value is -1.23. The van der Waals surface area contributed by atoms with Gasteiger partial charge in [0.25, 0.3) is 0 Å². The van der Waals surface area contributed by atoms with Crippen molar-refractivity contribution in [2.24, 2.45) is 0 Å². The molecule has 5 heteroatoms. The van der Waals surface area contributed by atoms with Gasteiger partial charge in [0.2, 0.25) is 5.95 Å². The zero-order valence-electron chi connectivity index (χ0n) is 6.03. The van der Waals surface area contributed by atoms with E-state index in [1.54, 1.807) is 25.5 Å². The Morgan fingerprint density at radius 3 is 2.64 bits per heavy atom. The van der Waals surface area contributed by atoms with Gasteiger partial charge in [-0.05, 0) is 18.3 Å². The van der Waals surface area contributed by atoms with Gasteiger partial charge < -0.3 is 10.6 Å². The third-order valence-corrected chi connectivity index (χ3v) is 1.32. The van der Waals surface area contributed by atoms with Crippen molar-refractivity contribution in [1.82, 2.24) is 15.3 Å². The van der Waals surface area contributed by atoms with Crippen LogP contribution in [0.4, 0.5) is 5.95 Å². The van der Waals surface area contributed by atoms with Crippen LogP contribution in [-0.2, 0) is 0 Å². The lowest BCUT2D eigenvalue weighted by Gasteiger charge is -2.02. The monoisotopic (exact) mass is 168 g/mol. The van der Waals surface area contributed by atoms with E-state index in [0.29, 0.717) is 11.1 Å². The Kier molecular flexibility index (Phi) is 2.74. The van der Waals surface area contributed by atoms with E-state index in [2.05, 4.69) is 20.6 Å². The van der Waals surface area contributed by atoms with Gasteiger partial charge in [0.1, 0.15) is 0 Å². The number of hydrogen-bond donors (Lipinski definition) is 2. The molecule has 0 fully saturated rings. The number of hydrogen-bond acceptors (Lipinski definition) is 3. The van der Waals surface area contributed by atoms with Gasteiger partial charge in [0, 0.05) is 19.4 Å². The topological polar surface area (TPSA) is 49.8 Å². The molecule has 2 N–H and O–H groups in total. The number of rotatable bonds is 1. The van der Waals surface area contributed by atoms with E-state index in [9.17, 15) is 0 Å². The highest BCUT2D eigenvalue weighted by Gasteiger charge is 1.93. The third-order valence-electron chi connectivity index (χ3n) is 1.02. The summed E-state index contributed by atoms with van der Waals surface area (Å²) in [5.41, 5.74) is 0. The SMILES string of the molecule is CNC(=S)Nc1ncccn1. The van der Waals surface area contributed by atoms with Gasteiger partial charge in [-0.3, -0.25) is 0 Å². The molecule has 0 aliphatic heterocycles. The van der Waals surface area contributed by atoms with Crippen molar-refractivity contribution in [1.29, 1.82) is 0 Å². The molecule has 0 radical (unpaired) electrons. The van der Waals surface area contributed by atoms with Crippen LogP contribution in [0.3, 0.4) is 0 Å². The first-order valence-corrected chi connectivity index (χ1v) is 3.49. The molecule has 1 heterocycles. The minimum Gasteiger partial charge on any atom is -0.365 e. The molecule has 0 aliphatic carbocycles. The first-order valence-electron chi connectivity index (χ1n) is 3.08. The van der Waals surface area contributed by atoms with Crippen molar-refractivity contribution in [3.8, 4) is 0 Å². The average Bonchev–Trinajstić information content (AvgIpc) is 2.06. The summed E-state index contributed by atoms with van der Waals surface area (Å²) in [5.74, 6) is 0.506. The van der Waals surface area contributed by atoms with Crippen LogP contribution in [0.25, 0.3) is 0 Å². The largest absolute Gasteiger partial charge is 0.365 e. The van der Waals surface area contributed by atoms with Gasteiger partial charge in [-0.1, -0.05) is 0 Å². The van der Waals surface area contributed by atoms with Gasteiger partial charge >= 0.3 is 0 Å². The summed E-state index contributed by atoms with van der Waals surface area (Å²) >= 11 is 4.84. The highest BCUT2D eigenvalue weighted by Crippen LogP contribution is 1.92. The van der Waals surface area contributed by atoms with Crippen LogP contribution in [0.2, 0.25) is 0 Å². The molecular formula is C6H8N4S. The first-order chi connectivity index (χ1) is 5.33. The normalized spacial score (nSPS) is 8.82. The maximum absolute atomic E-state index is 4.84. The molecule has 1 rings (SSSR count). The smallest absolute Gasteiger partial charge is 0.228 e. The quantitative estimate of drug-likeness (QED) is 0.594. The summed E-state index contributed by atoms with van der Waals surface area (Å²) in [7, 11) is 1.73. The van der Waals surface area contributed by atoms with Gasteiger partial charge in [0.05, 0.1) is 0 Å². The summed E-state index contributed by atoms with van der Waals surface area (Å²) in [6.45, 7) is 0. The predicted octanol–water partition coefficient (Wildman–Crippen LogP) is 0.393. The zero-order chi connectivity index (χ0) is 8.10. The minimum atomic E-state index is 0.506. The summed E-state index contributed by atoms with van der Waals surface area (Å²) in [6.07, 6.45) is 3.29. The van der Waals surface area contributed by atoms with E-state index in [4.69, 9.17) is 12.2 Å². The molecule has 0 aromatic carbocycles. The van der Waals surface area contributed by atoms with Crippen LogP contribution < -0.4 is 10.6 Å². The van der Waals surface area contributed by atoms with Crippen LogP contribution >= 0.6 is 12.2 Å². The van der Waals surface area contributed by atoms with Crippen molar-refractivity contribution in [3.05, 3.63) is 18.5 Å². The number of aromatic nitrogens is 2. The van der Waals surface area contributed by atoms with Crippen LogP contribution in [-0.4, -0.2) is 22.1 Å². The molecule has 0 saturated carbocycles. The maximum atomic E-state index is 4.84. The molecule has 1 aromatic heterocycles. The Morgan fingerprint density at radius 2 is 2.09 bits per heavy atom. The molecule has 0 aliphatic rings. The fraction of sp³-hybridized carbons (Fsp3) is 0.167. The van der Waals surface area contributed by atoms with Crippen molar-refractivity contribution >= 4 is 23.3 Å². The molecule has 0 amide bonds. The van der Waals surface area contributed by atoms with Crippen molar-refractivity contribution in [3.63, 3.8) is 0 Å². The van der Waals surface area contributed by atoms with Gasteiger partial charge in [-0.25, -0.2) is 9.97 Å². The standard InChI is InChI=1S/C6H8N4S/c1-7-6(11)10-5-8-3-2-4-9-5/h2-4H,1H3,(H2,7,8,9,10,11). The highest BCUT2D eigenvalue weighted by molar-refractivity contribution is 7.80. The lowest BCUT2D eigenvalue weighted by molar-refractivity contribution is 1.14. The van der Waals surface area contributed by atoms with E-state index in [-0.39, 0.29) is 0 Å². The molecule has 4 nitrogen and oxygen atoms in total. The van der Waals surface area contributed by atoms with Gasteiger partial charge in [0.15, 0.2) is 5.11 Å². The van der Waals surface area contributed by atoms with E-state index < -0.39 is 0 Å². The van der Waals surface area contributed by atoms with E-state index >= 15 is 0 Å². The number of anilines is 1. The van der Waals surface area contributed by atoms with Gasteiger partial charge in [-0.2, -0.15) is 0 Å². The second-order valence-corrected chi connectivity index (χ2v) is 2.18. The van der Waals surface area contributed by atoms with E-state index in [1.807, 2.05) is 0 Å². The minimum absolute atomic E-state index is 0.506. The first kappa shape index (κ1) is 7.87. The van der Waals surface area contributed by atoms with E-state index in [0.717, 1.165) is 0 Å². The number of nitrogens with one attached hydrogen (secondary N) is 2. The Morgan fingerprint density at radius 1 is 1.45 bits per heavy atom. The number of thiocarbonyl (C=S) groups is 1. The predicted molar refractivity (Wildman–Crippen MR) is 47.3 cm³/mol. The lowest BCUT2D eigenvalue weighted by Crippen LogP contribution is -2.25. The molecule has 58 valence electrons. The second kappa shape index (κ2) is 3.82. The van der Waals surface area contributed by atoms with Crippen molar-refractivity contribution in [2.75, 3.05) is 12.4 Å². The summed E-state index contributed by atoms with van der Waals surface area (Å²) in [5, 5.41) is 6.05. The molecular weight excluding hydrogens is 160 g/mol. The second-order valence-electron chi connectivity index (χ2n) is 1.78. The Balaban J connectivity index is 2.58. The Labute approximate surface area is 70.1 Å². The van der Waals surface area contributed by atoms with Crippen LogP contribution in [0.15, 0.2) is 18.5 Å². The Bertz CT molecular complexity index is 236.